The molecule has 20 heavy (non-hydrogen) atoms. The average molecular weight is 269 g/mol. The second-order valence-corrected chi connectivity index (χ2v) is 4.85. The highest BCUT2D eigenvalue weighted by Gasteiger charge is 2.08. The maximum absolute atomic E-state index is 11.5. The molecule has 104 valence electrons. The van der Waals surface area contributed by atoms with Crippen LogP contribution in [0.2, 0.25) is 0 Å². The molecule has 0 saturated carbocycles. The summed E-state index contributed by atoms with van der Waals surface area (Å²) < 4.78 is 2.02. The summed E-state index contributed by atoms with van der Waals surface area (Å²) in [6.07, 6.45) is 2.59. The van der Waals surface area contributed by atoms with Gasteiger partial charge in [-0.1, -0.05) is 36.9 Å². The number of amides is 1. The van der Waals surface area contributed by atoms with E-state index in [2.05, 4.69) is 29.0 Å². The van der Waals surface area contributed by atoms with Crippen LogP contribution in [0.15, 0.2) is 48.7 Å². The second kappa shape index (κ2) is 6.19. The van der Waals surface area contributed by atoms with Gasteiger partial charge in [-0.3, -0.25) is 4.79 Å². The molecular formula is C16H19N3O. The van der Waals surface area contributed by atoms with Crippen molar-refractivity contribution in [3.05, 3.63) is 65.8 Å². The Morgan fingerprint density at radius 3 is 2.70 bits per heavy atom. The summed E-state index contributed by atoms with van der Waals surface area (Å²) in [5.41, 5.74) is 2.71. The van der Waals surface area contributed by atoms with Crippen LogP contribution in [0, 0.1) is 0 Å². The Hall–Kier alpha value is -2.36. The first-order valence-corrected chi connectivity index (χ1v) is 6.55. The number of nitrogens with zero attached hydrogens (tertiary/aromatic N) is 2. The fourth-order valence-electron chi connectivity index (χ4n) is 1.92. The summed E-state index contributed by atoms with van der Waals surface area (Å²) in [4.78, 5) is 15.9. The van der Waals surface area contributed by atoms with E-state index in [9.17, 15) is 4.79 Å². The lowest BCUT2D eigenvalue weighted by molar-refractivity contribution is -0.117. The molecule has 0 bridgehead atoms. The predicted octanol–water partition coefficient (Wildman–Crippen LogP) is 2.20. The lowest BCUT2D eigenvalue weighted by Gasteiger charge is -2.07. The highest BCUT2D eigenvalue weighted by atomic mass is 16.1. The first-order valence-electron chi connectivity index (χ1n) is 6.55. The summed E-state index contributed by atoms with van der Waals surface area (Å²) in [6.45, 7) is 5.77. The zero-order valence-corrected chi connectivity index (χ0v) is 11.9. The predicted molar refractivity (Wildman–Crippen MR) is 79.1 cm³/mol. The Kier molecular flexibility index (Phi) is 4.35. The van der Waals surface area contributed by atoms with E-state index in [0.29, 0.717) is 12.1 Å². The minimum atomic E-state index is -0.129. The van der Waals surface area contributed by atoms with Gasteiger partial charge in [0.2, 0.25) is 5.91 Å². The van der Waals surface area contributed by atoms with Crippen molar-refractivity contribution in [2.75, 3.05) is 0 Å². The van der Waals surface area contributed by atoms with Crippen molar-refractivity contribution in [3.63, 3.8) is 0 Å². The van der Waals surface area contributed by atoms with Gasteiger partial charge in [0, 0.05) is 19.0 Å². The lowest BCUT2D eigenvalue weighted by atomic mass is 10.1. The van der Waals surface area contributed by atoms with Crippen molar-refractivity contribution < 1.29 is 4.79 Å². The van der Waals surface area contributed by atoms with Crippen LogP contribution in [0.1, 0.15) is 24.0 Å². The van der Waals surface area contributed by atoms with Gasteiger partial charge in [0.25, 0.3) is 0 Å². The van der Waals surface area contributed by atoms with E-state index in [1.807, 2.05) is 29.8 Å². The van der Waals surface area contributed by atoms with E-state index in [1.165, 1.54) is 5.56 Å². The molecule has 0 fully saturated rings. The normalized spacial score (nSPS) is 10.3. The van der Waals surface area contributed by atoms with Gasteiger partial charge in [0.1, 0.15) is 5.82 Å². The van der Waals surface area contributed by atoms with Gasteiger partial charge in [0.05, 0.1) is 18.4 Å². The van der Waals surface area contributed by atoms with Crippen LogP contribution in [0.5, 0.6) is 0 Å². The topological polar surface area (TPSA) is 46.9 Å². The molecule has 0 radical (unpaired) electrons. The van der Waals surface area contributed by atoms with E-state index >= 15 is 0 Å². The molecule has 0 atom stereocenters. The van der Waals surface area contributed by atoms with Crippen LogP contribution in [-0.2, 0) is 24.8 Å². The molecule has 0 saturated heterocycles. The molecule has 1 aromatic heterocycles. The van der Waals surface area contributed by atoms with E-state index in [0.717, 1.165) is 17.9 Å². The SMILES string of the molecule is C=C(C)C(=O)NCc1cnc(Cc2ccccc2)n1C. The number of aromatic nitrogens is 2. The van der Waals surface area contributed by atoms with Crippen LogP contribution in [0.3, 0.4) is 0 Å². The smallest absolute Gasteiger partial charge is 0.246 e. The number of rotatable bonds is 5. The number of hydrogen-bond donors (Lipinski definition) is 1. The molecule has 4 heteroatoms. The van der Waals surface area contributed by atoms with Crippen molar-refractivity contribution in [1.29, 1.82) is 0 Å². The molecule has 0 spiro atoms. The van der Waals surface area contributed by atoms with E-state index in [-0.39, 0.29) is 5.91 Å². The summed E-state index contributed by atoms with van der Waals surface area (Å²) in [6, 6.07) is 10.2. The minimum Gasteiger partial charge on any atom is -0.347 e. The first kappa shape index (κ1) is 14.1. The maximum Gasteiger partial charge on any atom is 0.246 e. The van der Waals surface area contributed by atoms with E-state index in [1.54, 1.807) is 13.1 Å². The van der Waals surface area contributed by atoms with Crippen molar-refractivity contribution in [1.82, 2.24) is 14.9 Å². The lowest BCUT2D eigenvalue weighted by Crippen LogP contribution is -2.24. The third-order valence-electron chi connectivity index (χ3n) is 3.20. The Morgan fingerprint density at radius 2 is 2.05 bits per heavy atom. The van der Waals surface area contributed by atoms with Gasteiger partial charge < -0.3 is 9.88 Å². The molecule has 4 nitrogen and oxygen atoms in total. The van der Waals surface area contributed by atoms with Crippen LogP contribution in [0.4, 0.5) is 0 Å². The zero-order valence-electron chi connectivity index (χ0n) is 11.9. The van der Waals surface area contributed by atoms with Crippen molar-refractivity contribution >= 4 is 5.91 Å². The Balaban J connectivity index is 2.04. The number of benzene rings is 1. The van der Waals surface area contributed by atoms with Crippen molar-refractivity contribution in [2.45, 2.75) is 19.9 Å². The first-order chi connectivity index (χ1) is 9.58. The molecule has 1 heterocycles. The quantitative estimate of drug-likeness (QED) is 0.846. The molecule has 2 aromatic rings. The summed E-state index contributed by atoms with van der Waals surface area (Å²) in [5, 5.41) is 2.82. The molecule has 0 unspecified atom stereocenters. The van der Waals surface area contributed by atoms with Crippen LogP contribution >= 0.6 is 0 Å². The van der Waals surface area contributed by atoms with E-state index in [4.69, 9.17) is 0 Å². The zero-order chi connectivity index (χ0) is 14.5. The Morgan fingerprint density at radius 1 is 1.35 bits per heavy atom. The van der Waals surface area contributed by atoms with E-state index < -0.39 is 0 Å². The molecule has 0 aliphatic rings. The Labute approximate surface area is 119 Å². The van der Waals surface area contributed by atoms with Gasteiger partial charge in [-0.05, 0) is 12.5 Å². The van der Waals surface area contributed by atoms with Gasteiger partial charge in [0.15, 0.2) is 0 Å². The van der Waals surface area contributed by atoms with Crippen LogP contribution < -0.4 is 5.32 Å². The number of hydrogen-bond acceptors (Lipinski definition) is 2. The third-order valence-corrected chi connectivity index (χ3v) is 3.20. The fourth-order valence-corrected chi connectivity index (χ4v) is 1.92. The molecule has 2 rings (SSSR count). The average Bonchev–Trinajstić information content (AvgIpc) is 2.78. The molecule has 1 N–H and O–H groups in total. The number of nitrogens with one attached hydrogen (secondary N) is 1. The Bertz CT molecular complexity index is 614. The second-order valence-electron chi connectivity index (χ2n) is 4.85. The van der Waals surface area contributed by atoms with Crippen LogP contribution in [0.25, 0.3) is 0 Å². The highest BCUT2D eigenvalue weighted by molar-refractivity contribution is 5.91. The van der Waals surface area contributed by atoms with Crippen molar-refractivity contribution in [3.8, 4) is 0 Å². The van der Waals surface area contributed by atoms with Crippen LogP contribution in [-0.4, -0.2) is 15.5 Å². The standard InChI is InChI=1S/C16H19N3O/c1-12(2)16(20)18-11-14-10-17-15(19(14)3)9-13-7-5-4-6-8-13/h4-8,10H,1,9,11H2,2-3H3,(H,18,20). The molecular weight excluding hydrogens is 250 g/mol. The third kappa shape index (κ3) is 3.35. The number of carbonyl (C=O) groups is 1. The monoisotopic (exact) mass is 269 g/mol. The summed E-state index contributed by atoms with van der Waals surface area (Å²) >= 11 is 0. The van der Waals surface area contributed by atoms with Gasteiger partial charge in [-0.2, -0.15) is 0 Å². The van der Waals surface area contributed by atoms with Gasteiger partial charge >= 0.3 is 0 Å². The van der Waals surface area contributed by atoms with Gasteiger partial charge in [-0.25, -0.2) is 4.98 Å². The summed E-state index contributed by atoms with van der Waals surface area (Å²) in [7, 11) is 1.97. The van der Waals surface area contributed by atoms with Gasteiger partial charge in [-0.15, -0.1) is 0 Å². The molecule has 1 amide bonds. The number of imidazole rings is 1. The largest absolute Gasteiger partial charge is 0.347 e. The molecule has 0 aliphatic carbocycles. The maximum atomic E-state index is 11.5. The minimum absolute atomic E-state index is 0.129. The molecule has 1 aromatic carbocycles. The van der Waals surface area contributed by atoms with Crippen molar-refractivity contribution in [2.24, 2.45) is 7.05 Å². The number of carbonyl (C=O) groups excluding carboxylic acids is 1. The summed E-state index contributed by atoms with van der Waals surface area (Å²) in [5.74, 6) is 0.853. The fraction of sp³-hybridized carbons (Fsp3) is 0.250. The highest BCUT2D eigenvalue weighted by Crippen LogP contribution is 2.09. The molecule has 0 aliphatic heterocycles.